The zero-order valence-corrected chi connectivity index (χ0v) is 17.2. The topological polar surface area (TPSA) is 48.9 Å². The van der Waals surface area contributed by atoms with Gasteiger partial charge in [-0.05, 0) is 86.0 Å². The summed E-state index contributed by atoms with van der Waals surface area (Å²) in [5.74, 6) is 1.92. The molecule has 0 spiro atoms. The van der Waals surface area contributed by atoms with Crippen LogP contribution in [-0.4, -0.2) is 21.4 Å². The first-order valence-corrected chi connectivity index (χ1v) is 11.1. The van der Waals surface area contributed by atoms with Crippen molar-refractivity contribution in [3.63, 3.8) is 0 Å². The van der Waals surface area contributed by atoms with E-state index < -0.39 is 11.9 Å². The van der Waals surface area contributed by atoms with E-state index in [1.54, 1.807) is 0 Å². The first-order chi connectivity index (χ1) is 13.6. The molecule has 3 fully saturated rings. The van der Waals surface area contributed by atoms with Crippen molar-refractivity contribution in [2.75, 3.05) is 0 Å². The minimum absolute atomic E-state index is 0.0342. The summed E-state index contributed by atoms with van der Waals surface area (Å²) in [7, 11) is 0. The maximum Gasteiger partial charge on any atom is 0.435 e. The van der Waals surface area contributed by atoms with Crippen LogP contribution in [0.25, 0.3) is 0 Å². The number of fused-ring (bicyclic) bond motifs is 5. The number of aromatic amines is 1. The third-order valence-electron chi connectivity index (χ3n) is 9.34. The van der Waals surface area contributed by atoms with Crippen molar-refractivity contribution in [3.05, 3.63) is 29.1 Å². The highest BCUT2D eigenvalue weighted by Crippen LogP contribution is 2.67. The summed E-state index contributed by atoms with van der Waals surface area (Å²) in [4.78, 5) is 0. The third-order valence-corrected chi connectivity index (χ3v) is 9.34. The van der Waals surface area contributed by atoms with E-state index in [9.17, 15) is 18.3 Å². The molecule has 0 aromatic carbocycles. The zero-order valence-electron chi connectivity index (χ0n) is 17.2. The number of H-pyrrole nitrogens is 1. The molecule has 29 heavy (non-hydrogen) atoms. The van der Waals surface area contributed by atoms with Gasteiger partial charge in [0.1, 0.15) is 0 Å². The SMILES string of the molecule is CC12CCC(O)CC1=CCC1C2CCC2(C)C(c3cc(C(F)(F)F)n[nH]3)CCC12. The van der Waals surface area contributed by atoms with Gasteiger partial charge in [0.2, 0.25) is 0 Å². The van der Waals surface area contributed by atoms with Crippen LogP contribution in [0, 0.1) is 28.6 Å². The zero-order chi connectivity index (χ0) is 20.6. The molecule has 1 heterocycles. The number of halogens is 3. The molecule has 0 bridgehead atoms. The number of nitrogens with one attached hydrogen (secondary N) is 1. The smallest absolute Gasteiger partial charge is 0.393 e. The highest BCUT2D eigenvalue weighted by Gasteiger charge is 2.59. The molecular weight excluding hydrogens is 377 g/mol. The minimum Gasteiger partial charge on any atom is -0.393 e. The van der Waals surface area contributed by atoms with Crippen LogP contribution in [0.1, 0.15) is 82.5 Å². The van der Waals surface area contributed by atoms with Gasteiger partial charge >= 0.3 is 6.18 Å². The van der Waals surface area contributed by atoms with E-state index in [1.807, 2.05) is 0 Å². The van der Waals surface area contributed by atoms with Crippen molar-refractivity contribution in [1.29, 1.82) is 0 Å². The van der Waals surface area contributed by atoms with Crippen molar-refractivity contribution >= 4 is 0 Å². The van der Waals surface area contributed by atoms with Crippen LogP contribution in [0.15, 0.2) is 17.7 Å². The van der Waals surface area contributed by atoms with Crippen molar-refractivity contribution in [1.82, 2.24) is 10.2 Å². The van der Waals surface area contributed by atoms with Crippen LogP contribution >= 0.6 is 0 Å². The number of alkyl halides is 3. The lowest BCUT2D eigenvalue weighted by atomic mass is 9.47. The Kier molecular flexibility index (Phi) is 4.30. The molecule has 0 aliphatic heterocycles. The number of hydrogen-bond acceptors (Lipinski definition) is 2. The molecule has 7 atom stereocenters. The van der Waals surface area contributed by atoms with Gasteiger partial charge in [-0.3, -0.25) is 5.10 Å². The maximum absolute atomic E-state index is 13.1. The Balaban J connectivity index is 1.43. The Morgan fingerprint density at radius 2 is 1.90 bits per heavy atom. The van der Waals surface area contributed by atoms with Gasteiger partial charge in [-0.1, -0.05) is 25.5 Å². The fraction of sp³-hybridized carbons (Fsp3) is 0.783. The van der Waals surface area contributed by atoms with Gasteiger partial charge in [-0.25, -0.2) is 0 Å². The molecule has 3 nitrogen and oxygen atoms in total. The van der Waals surface area contributed by atoms with Crippen LogP contribution < -0.4 is 0 Å². The van der Waals surface area contributed by atoms with Crippen LogP contribution in [0.2, 0.25) is 0 Å². The fourth-order valence-corrected chi connectivity index (χ4v) is 7.81. The number of aromatic nitrogens is 2. The van der Waals surface area contributed by atoms with Crippen molar-refractivity contribution in [2.24, 2.45) is 28.6 Å². The molecule has 7 unspecified atom stereocenters. The number of allylic oxidation sites excluding steroid dienone is 1. The second-order valence-corrected chi connectivity index (χ2v) is 10.5. The van der Waals surface area contributed by atoms with Crippen molar-refractivity contribution < 1.29 is 18.3 Å². The van der Waals surface area contributed by atoms with Gasteiger partial charge < -0.3 is 5.11 Å². The lowest BCUT2D eigenvalue weighted by Crippen LogP contribution is -2.50. The van der Waals surface area contributed by atoms with E-state index in [-0.39, 0.29) is 22.9 Å². The van der Waals surface area contributed by atoms with E-state index in [2.05, 4.69) is 30.1 Å². The first kappa shape index (κ1) is 19.7. The van der Waals surface area contributed by atoms with Crippen LogP contribution in [-0.2, 0) is 6.18 Å². The number of hydrogen-bond donors (Lipinski definition) is 2. The summed E-state index contributed by atoms with van der Waals surface area (Å²) in [5.41, 5.74) is 1.55. The lowest BCUT2D eigenvalue weighted by Gasteiger charge is -2.58. The quantitative estimate of drug-likeness (QED) is 0.574. The molecule has 3 saturated carbocycles. The maximum atomic E-state index is 13.1. The first-order valence-electron chi connectivity index (χ1n) is 11.1. The summed E-state index contributed by atoms with van der Waals surface area (Å²) in [6.07, 6.45) is 5.87. The van der Waals surface area contributed by atoms with E-state index in [0.29, 0.717) is 23.4 Å². The molecular formula is C23H31F3N2O. The number of nitrogens with zero attached hydrogens (tertiary/aromatic N) is 1. The standard InChI is InChI=1S/C23H31F3N2O/c1-21-9-7-14(29)11-13(21)3-4-15-16-5-6-18(22(16,2)10-8-17(15)21)19-12-20(28-27-19)23(24,25)26/h3,12,14-18,29H,4-11H2,1-2H3,(H,27,28). The van der Waals surface area contributed by atoms with E-state index in [4.69, 9.17) is 0 Å². The average molecular weight is 409 g/mol. The highest BCUT2D eigenvalue weighted by atomic mass is 19.4. The Morgan fingerprint density at radius 3 is 2.62 bits per heavy atom. The van der Waals surface area contributed by atoms with E-state index in [1.165, 1.54) is 11.6 Å². The van der Waals surface area contributed by atoms with Crippen LogP contribution in [0.3, 0.4) is 0 Å². The van der Waals surface area contributed by atoms with E-state index in [0.717, 1.165) is 51.4 Å². The van der Waals surface area contributed by atoms with Gasteiger partial charge in [-0.2, -0.15) is 18.3 Å². The summed E-state index contributed by atoms with van der Waals surface area (Å²) >= 11 is 0. The van der Waals surface area contributed by atoms with Gasteiger partial charge in [0.15, 0.2) is 5.69 Å². The highest BCUT2D eigenvalue weighted by molar-refractivity contribution is 5.27. The second kappa shape index (κ2) is 6.35. The van der Waals surface area contributed by atoms with Gasteiger partial charge in [-0.15, -0.1) is 0 Å². The van der Waals surface area contributed by atoms with Gasteiger partial charge in [0.05, 0.1) is 6.10 Å². The Morgan fingerprint density at radius 1 is 1.10 bits per heavy atom. The Bertz CT molecular complexity index is 830. The lowest BCUT2D eigenvalue weighted by molar-refractivity contribution is -0.141. The molecule has 4 aliphatic rings. The van der Waals surface area contributed by atoms with Crippen LogP contribution in [0.4, 0.5) is 13.2 Å². The van der Waals surface area contributed by atoms with Gasteiger partial charge in [0, 0.05) is 11.6 Å². The summed E-state index contributed by atoms with van der Waals surface area (Å²) in [6.45, 7) is 4.72. The molecule has 0 amide bonds. The molecule has 4 aliphatic carbocycles. The minimum atomic E-state index is -4.39. The number of rotatable bonds is 1. The molecule has 6 heteroatoms. The average Bonchev–Trinajstić information content (AvgIpc) is 3.26. The molecule has 160 valence electrons. The summed E-state index contributed by atoms with van der Waals surface area (Å²) < 4.78 is 39.2. The van der Waals surface area contributed by atoms with Crippen LogP contribution in [0.5, 0.6) is 0 Å². The number of aliphatic hydroxyl groups is 1. The number of aliphatic hydroxyl groups excluding tert-OH is 1. The monoisotopic (exact) mass is 408 g/mol. The summed E-state index contributed by atoms with van der Waals surface area (Å²) in [6, 6.07) is 1.24. The van der Waals surface area contributed by atoms with Crippen molar-refractivity contribution in [2.45, 2.75) is 83.4 Å². The molecule has 0 saturated heterocycles. The largest absolute Gasteiger partial charge is 0.435 e. The van der Waals surface area contributed by atoms with Gasteiger partial charge in [0.25, 0.3) is 0 Å². The van der Waals surface area contributed by atoms with E-state index >= 15 is 0 Å². The predicted octanol–water partition coefficient (Wildman–Crippen LogP) is 5.84. The Hall–Kier alpha value is -1.30. The predicted molar refractivity (Wildman–Crippen MR) is 104 cm³/mol. The third kappa shape index (κ3) is 2.84. The second-order valence-electron chi connectivity index (χ2n) is 10.5. The molecule has 1 aromatic rings. The molecule has 1 aromatic heterocycles. The molecule has 2 N–H and O–H groups in total. The summed E-state index contributed by atoms with van der Waals surface area (Å²) in [5, 5.41) is 16.4. The molecule has 0 radical (unpaired) electrons. The Labute approximate surface area is 170 Å². The van der Waals surface area contributed by atoms with Crippen molar-refractivity contribution in [3.8, 4) is 0 Å². The normalized spacial score (nSPS) is 44.6. The fourth-order valence-electron chi connectivity index (χ4n) is 7.81. The molecule has 5 rings (SSSR count).